The molecule has 0 saturated carbocycles. The molecule has 1 aromatic heterocycles. The maximum Gasteiger partial charge on any atom is 0.299 e. The lowest BCUT2D eigenvalue weighted by atomic mass is 10.3. The summed E-state index contributed by atoms with van der Waals surface area (Å²) in [6, 6.07) is 9.12. The number of aromatic nitrogens is 2. The number of rotatable bonds is 6. The van der Waals surface area contributed by atoms with E-state index in [9.17, 15) is 4.79 Å². The van der Waals surface area contributed by atoms with Gasteiger partial charge in [-0.15, -0.1) is 0 Å². The quantitative estimate of drug-likeness (QED) is 0.645. The molecule has 2 N–H and O–H groups in total. The van der Waals surface area contributed by atoms with Crippen LogP contribution in [0.4, 0.5) is 5.69 Å². The number of aryl methyl sites for hydroxylation is 1. The summed E-state index contributed by atoms with van der Waals surface area (Å²) >= 11 is 0. The highest BCUT2D eigenvalue weighted by Crippen LogP contribution is 2.19. The second-order valence-electron chi connectivity index (χ2n) is 4.61. The van der Waals surface area contributed by atoms with Crippen molar-refractivity contribution < 1.29 is 9.47 Å². The van der Waals surface area contributed by atoms with Crippen LogP contribution in [0, 0.1) is 6.92 Å². The molecule has 0 aliphatic carbocycles. The Kier molecular flexibility index (Phi) is 4.81. The van der Waals surface area contributed by atoms with Gasteiger partial charge in [-0.05, 0) is 25.5 Å². The standard InChI is InChI=1S/C15H19N3O3/c1-11-10-14(19)18(15(17-11)20-2)8-5-9-21-13-7-4-3-6-12(13)16/h3-4,6-7,10H,5,8-9,16H2,1-2H3. The lowest BCUT2D eigenvalue weighted by Gasteiger charge is -2.12. The highest BCUT2D eigenvalue weighted by atomic mass is 16.5. The van der Waals surface area contributed by atoms with Gasteiger partial charge in [0, 0.05) is 18.3 Å². The van der Waals surface area contributed by atoms with Gasteiger partial charge in [-0.2, -0.15) is 0 Å². The first-order valence-electron chi connectivity index (χ1n) is 6.71. The van der Waals surface area contributed by atoms with Crippen molar-refractivity contribution in [2.24, 2.45) is 0 Å². The van der Waals surface area contributed by atoms with Gasteiger partial charge in [0.15, 0.2) is 0 Å². The van der Waals surface area contributed by atoms with Crippen molar-refractivity contribution in [2.45, 2.75) is 19.9 Å². The number of methoxy groups -OCH3 is 1. The first-order chi connectivity index (χ1) is 10.1. The highest BCUT2D eigenvalue weighted by molar-refractivity contribution is 5.51. The highest BCUT2D eigenvalue weighted by Gasteiger charge is 2.07. The van der Waals surface area contributed by atoms with E-state index in [2.05, 4.69) is 4.98 Å². The SMILES string of the molecule is COc1nc(C)cc(=O)n1CCCOc1ccccc1N. The van der Waals surface area contributed by atoms with Gasteiger partial charge < -0.3 is 15.2 Å². The minimum absolute atomic E-state index is 0.126. The van der Waals surface area contributed by atoms with E-state index in [1.807, 2.05) is 18.2 Å². The van der Waals surface area contributed by atoms with E-state index in [0.717, 1.165) is 0 Å². The van der Waals surface area contributed by atoms with Crippen LogP contribution in [0.3, 0.4) is 0 Å². The van der Waals surface area contributed by atoms with Crippen LogP contribution in [0.5, 0.6) is 11.8 Å². The van der Waals surface area contributed by atoms with E-state index >= 15 is 0 Å². The molecule has 0 radical (unpaired) electrons. The monoisotopic (exact) mass is 289 g/mol. The van der Waals surface area contributed by atoms with Gasteiger partial charge in [0.2, 0.25) is 0 Å². The zero-order valence-corrected chi connectivity index (χ0v) is 12.2. The summed E-state index contributed by atoms with van der Waals surface area (Å²) in [5.74, 6) is 0.652. The molecule has 2 rings (SSSR count). The van der Waals surface area contributed by atoms with E-state index in [0.29, 0.717) is 42.7 Å². The van der Waals surface area contributed by atoms with Gasteiger partial charge in [-0.1, -0.05) is 12.1 Å². The zero-order chi connectivity index (χ0) is 15.2. The van der Waals surface area contributed by atoms with Crippen molar-refractivity contribution in [3.63, 3.8) is 0 Å². The summed E-state index contributed by atoms with van der Waals surface area (Å²) < 4.78 is 12.2. The molecule has 0 unspecified atom stereocenters. The van der Waals surface area contributed by atoms with Crippen LogP contribution in [-0.2, 0) is 6.54 Å². The minimum atomic E-state index is -0.126. The van der Waals surface area contributed by atoms with Crippen molar-refractivity contribution in [1.29, 1.82) is 0 Å². The maximum atomic E-state index is 11.9. The number of hydrogen-bond donors (Lipinski definition) is 1. The molecule has 6 heteroatoms. The van der Waals surface area contributed by atoms with Crippen molar-refractivity contribution >= 4 is 5.69 Å². The first-order valence-corrected chi connectivity index (χ1v) is 6.71. The molecule has 2 aromatic rings. The number of nitrogen functional groups attached to an aromatic ring is 1. The van der Waals surface area contributed by atoms with Crippen molar-refractivity contribution in [3.8, 4) is 11.8 Å². The predicted octanol–water partition coefficient (Wildman–Crippen LogP) is 1.61. The molecule has 0 atom stereocenters. The van der Waals surface area contributed by atoms with E-state index in [-0.39, 0.29) is 5.56 Å². The fraction of sp³-hybridized carbons (Fsp3) is 0.333. The molecule has 0 fully saturated rings. The summed E-state index contributed by atoms with van der Waals surface area (Å²) in [6.07, 6.45) is 0.648. The number of anilines is 1. The molecule has 0 saturated heterocycles. The van der Waals surface area contributed by atoms with Crippen molar-refractivity contribution in [1.82, 2.24) is 9.55 Å². The Bertz CT molecular complexity index is 667. The van der Waals surface area contributed by atoms with Crippen LogP contribution < -0.4 is 20.8 Å². The largest absolute Gasteiger partial charge is 0.491 e. The van der Waals surface area contributed by atoms with Crippen LogP contribution in [-0.4, -0.2) is 23.3 Å². The average Bonchev–Trinajstić information content (AvgIpc) is 2.46. The molecule has 0 bridgehead atoms. The first kappa shape index (κ1) is 14.9. The molecule has 0 aliphatic heterocycles. The number of ether oxygens (including phenoxy) is 2. The summed E-state index contributed by atoms with van der Waals surface area (Å²) in [6.45, 7) is 2.69. The molecular weight excluding hydrogens is 270 g/mol. The molecule has 6 nitrogen and oxygen atoms in total. The molecule has 0 aliphatic rings. The van der Waals surface area contributed by atoms with Crippen molar-refractivity contribution in [2.75, 3.05) is 19.5 Å². The number of para-hydroxylation sites is 2. The third-order valence-electron chi connectivity index (χ3n) is 2.99. The topological polar surface area (TPSA) is 79.4 Å². The second-order valence-corrected chi connectivity index (χ2v) is 4.61. The molecule has 0 spiro atoms. The Morgan fingerprint density at radius 2 is 2.10 bits per heavy atom. The smallest absolute Gasteiger partial charge is 0.299 e. The van der Waals surface area contributed by atoms with E-state index in [1.165, 1.54) is 17.7 Å². The van der Waals surface area contributed by atoms with Gasteiger partial charge in [0.1, 0.15) is 5.75 Å². The van der Waals surface area contributed by atoms with Gasteiger partial charge in [0.05, 0.1) is 19.4 Å². The lowest BCUT2D eigenvalue weighted by Crippen LogP contribution is -2.23. The van der Waals surface area contributed by atoms with Crippen molar-refractivity contribution in [3.05, 3.63) is 46.4 Å². The number of benzene rings is 1. The average molecular weight is 289 g/mol. The van der Waals surface area contributed by atoms with Crippen LogP contribution in [0.1, 0.15) is 12.1 Å². The number of nitrogens with two attached hydrogens (primary N) is 1. The Hall–Kier alpha value is -2.50. The fourth-order valence-corrected chi connectivity index (χ4v) is 1.97. The minimum Gasteiger partial charge on any atom is -0.491 e. The summed E-state index contributed by atoms with van der Waals surface area (Å²) in [5, 5.41) is 0. The molecule has 112 valence electrons. The normalized spacial score (nSPS) is 10.4. The van der Waals surface area contributed by atoms with Gasteiger partial charge >= 0.3 is 0 Å². The van der Waals surface area contributed by atoms with Gasteiger partial charge in [0.25, 0.3) is 11.6 Å². The second kappa shape index (κ2) is 6.78. The third-order valence-corrected chi connectivity index (χ3v) is 2.99. The van der Waals surface area contributed by atoms with E-state index < -0.39 is 0 Å². The molecule has 0 amide bonds. The van der Waals surface area contributed by atoms with Crippen LogP contribution in [0.25, 0.3) is 0 Å². The van der Waals surface area contributed by atoms with Gasteiger partial charge in [-0.25, -0.2) is 4.98 Å². The molecular formula is C15H19N3O3. The predicted molar refractivity (Wildman–Crippen MR) is 80.8 cm³/mol. The lowest BCUT2D eigenvalue weighted by molar-refractivity contribution is 0.289. The Labute approximate surface area is 123 Å². The van der Waals surface area contributed by atoms with Crippen LogP contribution >= 0.6 is 0 Å². The van der Waals surface area contributed by atoms with E-state index in [1.54, 1.807) is 13.0 Å². The molecule has 1 heterocycles. The number of nitrogens with zero attached hydrogens (tertiary/aromatic N) is 2. The Balaban J connectivity index is 1.95. The summed E-state index contributed by atoms with van der Waals surface area (Å²) in [5.41, 5.74) is 6.91. The van der Waals surface area contributed by atoms with Crippen LogP contribution in [0.15, 0.2) is 35.1 Å². The Morgan fingerprint density at radius 3 is 2.81 bits per heavy atom. The summed E-state index contributed by atoms with van der Waals surface area (Å²) in [7, 11) is 1.50. The van der Waals surface area contributed by atoms with Crippen LogP contribution in [0.2, 0.25) is 0 Å². The molecule has 1 aromatic carbocycles. The Morgan fingerprint density at radius 1 is 1.33 bits per heavy atom. The zero-order valence-electron chi connectivity index (χ0n) is 12.2. The molecule has 21 heavy (non-hydrogen) atoms. The van der Waals surface area contributed by atoms with Gasteiger partial charge in [-0.3, -0.25) is 9.36 Å². The third kappa shape index (κ3) is 3.75. The number of hydrogen-bond acceptors (Lipinski definition) is 5. The fourth-order valence-electron chi connectivity index (χ4n) is 1.97. The van der Waals surface area contributed by atoms with E-state index in [4.69, 9.17) is 15.2 Å². The maximum absolute atomic E-state index is 11.9. The summed E-state index contributed by atoms with van der Waals surface area (Å²) in [4.78, 5) is 16.1.